The highest BCUT2D eigenvalue weighted by Gasteiger charge is 2.34. The number of fused-ring (bicyclic) bond motifs is 1. The first-order chi connectivity index (χ1) is 15.2. The molecule has 1 aliphatic rings. The minimum Gasteiger partial charge on any atom is -0.451 e. The molecule has 1 aliphatic heterocycles. The number of likely N-dealkylation sites (tertiary alicyclic amines) is 1. The number of para-hydroxylation sites is 1. The monoisotopic (exact) mass is 429 g/mol. The van der Waals surface area contributed by atoms with Gasteiger partial charge < -0.3 is 9.32 Å². The normalized spacial score (nSPS) is 16.2. The third-order valence-corrected chi connectivity index (χ3v) is 6.66. The SMILES string of the molecule is Cc1ccc(C2CCCN2C(=O)c2oc3ccccc3c2CSc2ncccn2)cc1. The maximum atomic E-state index is 13.7. The van der Waals surface area contributed by atoms with Crippen molar-refractivity contribution in [3.05, 3.63) is 89.4 Å². The minimum absolute atomic E-state index is 0.0381. The van der Waals surface area contributed by atoms with Gasteiger partial charge in [-0.25, -0.2) is 9.97 Å². The van der Waals surface area contributed by atoms with Gasteiger partial charge in [0.05, 0.1) is 6.04 Å². The number of hydrogen-bond acceptors (Lipinski definition) is 5. The van der Waals surface area contributed by atoms with Crippen molar-refractivity contribution in [2.45, 2.75) is 36.7 Å². The number of amides is 1. The molecule has 1 amide bonds. The zero-order valence-corrected chi connectivity index (χ0v) is 18.1. The number of hydrogen-bond donors (Lipinski definition) is 0. The van der Waals surface area contributed by atoms with Crippen LogP contribution in [0.1, 0.15) is 46.1 Å². The van der Waals surface area contributed by atoms with Crippen LogP contribution in [-0.2, 0) is 5.75 Å². The van der Waals surface area contributed by atoms with E-state index in [0.29, 0.717) is 16.7 Å². The van der Waals surface area contributed by atoms with Crippen molar-refractivity contribution >= 4 is 28.6 Å². The Bertz CT molecular complexity index is 1200. The third-order valence-electron chi connectivity index (χ3n) is 5.76. The summed E-state index contributed by atoms with van der Waals surface area (Å²) in [6.45, 7) is 2.82. The van der Waals surface area contributed by atoms with Gasteiger partial charge in [-0.2, -0.15) is 0 Å². The molecule has 0 bridgehead atoms. The van der Waals surface area contributed by atoms with E-state index in [1.807, 2.05) is 29.2 Å². The first kappa shape index (κ1) is 19.8. The fourth-order valence-corrected chi connectivity index (χ4v) is 5.02. The second kappa shape index (κ2) is 8.55. The molecule has 2 aromatic carbocycles. The lowest BCUT2D eigenvalue weighted by atomic mass is 10.0. The second-order valence-electron chi connectivity index (χ2n) is 7.79. The van der Waals surface area contributed by atoms with Gasteiger partial charge in [0.15, 0.2) is 10.9 Å². The first-order valence-corrected chi connectivity index (χ1v) is 11.5. The van der Waals surface area contributed by atoms with Crippen LogP contribution in [0.4, 0.5) is 0 Å². The maximum Gasteiger partial charge on any atom is 0.290 e. The minimum atomic E-state index is -0.0381. The van der Waals surface area contributed by atoms with Crippen LogP contribution in [0.15, 0.2) is 76.6 Å². The van der Waals surface area contributed by atoms with E-state index in [1.165, 1.54) is 22.9 Å². The van der Waals surface area contributed by atoms with Crippen LogP contribution >= 0.6 is 11.8 Å². The Hall–Kier alpha value is -3.12. The lowest BCUT2D eigenvalue weighted by molar-refractivity contribution is 0.0704. The number of aryl methyl sites for hydroxylation is 1. The Morgan fingerprint density at radius 3 is 2.68 bits per heavy atom. The van der Waals surface area contributed by atoms with Gasteiger partial charge in [-0.05, 0) is 37.5 Å². The molecule has 0 aliphatic carbocycles. The maximum absolute atomic E-state index is 13.7. The van der Waals surface area contributed by atoms with Crippen LogP contribution in [0.2, 0.25) is 0 Å². The van der Waals surface area contributed by atoms with E-state index in [-0.39, 0.29) is 11.9 Å². The van der Waals surface area contributed by atoms with E-state index in [9.17, 15) is 4.79 Å². The summed E-state index contributed by atoms with van der Waals surface area (Å²) in [4.78, 5) is 24.2. The van der Waals surface area contributed by atoms with Gasteiger partial charge in [0, 0.05) is 35.6 Å². The quantitative estimate of drug-likeness (QED) is 0.296. The van der Waals surface area contributed by atoms with Gasteiger partial charge in [-0.1, -0.05) is 59.8 Å². The summed E-state index contributed by atoms with van der Waals surface area (Å²) in [6.07, 6.45) is 5.42. The van der Waals surface area contributed by atoms with E-state index < -0.39 is 0 Å². The number of rotatable bonds is 5. The van der Waals surface area contributed by atoms with Crippen LogP contribution in [0.3, 0.4) is 0 Å². The number of carbonyl (C=O) groups is 1. The Morgan fingerprint density at radius 1 is 1.10 bits per heavy atom. The van der Waals surface area contributed by atoms with E-state index in [0.717, 1.165) is 35.9 Å². The highest BCUT2D eigenvalue weighted by Crippen LogP contribution is 2.37. The van der Waals surface area contributed by atoms with E-state index in [1.54, 1.807) is 18.5 Å². The van der Waals surface area contributed by atoms with Crippen LogP contribution in [-0.4, -0.2) is 27.3 Å². The average Bonchev–Trinajstić information content (AvgIpc) is 3.44. The van der Waals surface area contributed by atoms with Crippen LogP contribution < -0.4 is 0 Å². The molecule has 1 atom stereocenters. The molecule has 156 valence electrons. The number of furan rings is 1. The molecule has 5 nitrogen and oxygen atoms in total. The van der Waals surface area contributed by atoms with Crippen molar-refractivity contribution in [1.29, 1.82) is 0 Å². The van der Waals surface area contributed by atoms with Gasteiger partial charge in [-0.3, -0.25) is 4.79 Å². The topological polar surface area (TPSA) is 59.2 Å². The van der Waals surface area contributed by atoms with E-state index in [4.69, 9.17) is 4.42 Å². The van der Waals surface area contributed by atoms with Gasteiger partial charge in [0.25, 0.3) is 5.91 Å². The summed E-state index contributed by atoms with van der Waals surface area (Å²) in [5, 5.41) is 1.66. The zero-order valence-electron chi connectivity index (χ0n) is 17.3. The number of benzene rings is 2. The fourth-order valence-electron chi connectivity index (χ4n) is 4.19. The Kier molecular flexibility index (Phi) is 5.47. The number of aromatic nitrogens is 2. The van der Waals surface area contributed by atoms with Crippen LogP contribution in [0.5, 0.6) is 0 Å². The molecular formula is C25H23N3O2S. The second-order valence-corrected chi connectivity index (χ2v) is 8.74. The molecule has 6 heteroatoms. The molecule has 0 radical (unpaired) electrons. The predicted molar refractivity (Wildman–Crippen MR) is 122 cm³/mol. The lowest BCUT2D eigenvalue weighted by Gasteiger charge is -2.24. The molecule has 0 N–H and O–H groups in total. The molecule has 5 rings (SSSR count). The number of nitrogens with zero attached hydrogens (tertiary/aromatic N) is 3. The summed E-state index contributed by atoms with van der Waals surface area (Å²) in [5.41, 5.74) is 4.05. The molecule has 1 unspecified atom stereocenters. The van der Waals surface area contributed by atoms with Crippen molar-refractivity contribution < 1.29 is 9.21 Å². The largest absolute Gasteiger partial charge is 0.451 e. The van der Waals surface area contributed by atoms with Crippen molar-refractivity contribution in [2.24, 2.45) is 0 Å². The third kappa shape index (κ3) is 3.95. The summed E-state index contributed by atoms with van der Waals surface area (Å²) in [6, 6.07) is 18.2. The van der Waals surface area contributed by atoms with Crippen LogP contribution in [0, 0.1) is 6.92 Å². The first-order valence-electron chi connectivity index (χ1n) is 10.5. The summed E-state index contributed by atoms with van der Waals surface area (Å²) >= 11 is 1.51. The van der Waals surface area contributed by atoms with Crippen LogP contribution in [0.25, 0.3) is 11.0 Å². The van der Waals surface area contributed by atoms with Crippen molar-refractivity contribution in [1.82, 2.24) is 14.9 Å². The van der Waals surface area contributed by atoms with E-state index >= 15 is 0 Å². The molecular weight excluding hydrogens is 406 g/mol. The Morgan fingerprint density at radius 2 is 1.87 bits per heavy atom. The summed E-state index contributed by atoms with van der Waals surface area (Å²) in [5.74, 6) is 0.970. The number of thioether (sulfide) groups is 1. The van der Waals surface area contributed by atoms with Gasteiger partial charge in [0.2, 0.25) is 0 Å². The molecule has 0 spiro atoms. The van der Waals surface area contributed by atoms with Gasteiger partial charge >= 0.3 is 0 Å². The molecule has 31 heavy (non-hydrogen) atoms. The molecule has 0 saturated carbocycles. The van der Waals surface area contributed by atoms with Crippen molar-refractivity contribution in [2.75, 3.05) is 6.54 Å². The Balaban J connectivity index is 1.48. The van der Waals surface area contributed by atoms with Gasteiger partial charge in [-0.15, -0.1) is 0 Å². The summed E-state index contributed by atoms with van der Waals surface area (Å²) < 4.78 is 6.12. The lowest BCUT2D eigenvalue weighted by Crippen LogP contribution is -2.30. The standard InChI is InChI=1S/C25H23N3O2S/c1-17-9-11-18(12-10-17)21-7-4-15-28(21)24(29)23-20(16-31-25-26-13-5-14-27-25)19-6-2-3-8-22(19)30-23/h2-3,5-6,8-14,21H,4,7,15-16H2,1H3. The molecule has 2 aromatic heterocycles. The average molecular weight is 430 g/mol. The molecule has 1 fully saturated rings. The predicted octanol–water partition coefficient (Wildman–Crippen LogP) is 5.80. The van der Waals surface area contributed by atoms with Crippen molar-refractivity contribution in [3.8, 4) is 0 Å². The Labute approximate surface area is 185 Å². The van der Waals surface area contributed by atoms with Gasteiger partial charge in [0.1, 0.15) is 5.58 Å². The highest BCUT2D eigenvalue weighted by atomic mass is 32.2. The molecule has 1 saturated heterocycles. The highest BCUT2D eigenvalue weighted by molar-refractivity contribution is 7.98. The van der Waals surface area contributed by atoms with E-state index in [2.05, 4.69) is 41.2 Å². The zero-order chi connectivity index (χ0) is 21.2. The smallest absolute Gasteiger partial charge is 0.290 e. The summed E-state index contributed by atoms with van der Waals surface area (Å²) in [7, 11) is 0. The molecule has 3 heterocycles. The fraction of sp³-hybridized carbons (Fsp3) is 0.240. The molecule has 4 aromatic rings. The van der Waals surface area contributed by atoms with Crippen molar-refractivity contribution in [3.63, 3.8) is 0 Å². The number of carbonyl (C=O) groups excluding carboxylic acids is 1.